The highest BCUT2D eigenvalue weighted by molar-refractivity contribution is 7.89. The number of imidazole rings is 1. The molecule has 0 amide bonds. The van der Waals surface area contributed by atoms with Crippen molar-refractivity contribution in [2.75, 3.05) is 13.1 Å². The Hall–Kier alpha value is -2.18. The maximum absolute atomic E-state index is 12.7. The lowest BCUT2D eigenvalue weighted by atomic mass is 10.2. The van der Waals surface area contributed by atoms with Crippen LogP contribution in [0.2, 0.25) is 0 Å². The predicted octanol–water partition coefficient (Wildman–Crippen LogP) is 3.09. The second-order valence-electron chi connectivity index (χ2n) is 6.19. The molecule has 5 nitrogen and oxygen atoms in total. The molecule has 3 aromatic rings. The van der Waals surface area contributed by atoms with E-state index in [2.05, 4.69) is 4.98 Å². The molecule has 2 aromatic heterocycles. The standard InChI is InChI=1S/C18H19N3O2S/c1-14-6-5-9-20-13-17(19-18(14)20)15-7-4-8-16(12-15)24(22,23)21-10-2-3-11-21/h4-9,12-13H,2-3,10-11H2,1H3. The summed E-state index contributed by atoms with van der Waals surface area (Å²) in [6, 6.07) is 11.1. The van der Waals surface area contributed by atoms with Crippen LogP contribution in [0.4, 0.5) is 0 Å². The van der Waals surface area contributed by atoms with Gasteiger partial charge in [0.1, 0.15) is 5.65 Å². The summed E-state index contributed by atoms with van der Waals surface area (Å²) < 4.78 is 29.0. The molecule has 0 saturated carbocycles. The molecule has 3 heterocycles. The number of sulfonamides is 1. The van der Waals surface area contributed by atoms with Gasteiger partial charge in [0, 0.05) is 31.0 Å². The van der Waals surface area contributed by atoms with E-state index in [9.17, 15) is 8.42 Å². The zero-order valence-corrected chi connectivity index (χ0v) is 14.3. The topological polar surface area (TPSA) is 54.7 Å². The Morgan fingerprint density at radius 3 is 2.62 bits per heavy atom. The van der Waals surface area contributed by atoms with Crippen LogP contribution >= 0.6 is 0 Å². The number of aromatic nitrogens is 2. The summed E-state index contributed by atoms with van der Waals surface area (Å²) in [5, 5.41) is 0. The molecule has 0 radical (unpaired) electrons. The monoisotopic (exact) mass is 341 g/mol. The van der Waals surface area contributed by atoms with Crippen molar-refractivity contribution in [3.8, 4) is 11.3 Å². The molecule has 124 valence electrons. The number of nitrogens with zero attached hydrogens (tertiary/aromatic N) is 3. The van der Waals surface area contributed by atoms with Crippen LogP contribution in [0.15, 0.2) is 53.7 Å². The van der Waals surface area contributed by atoms with Gasteiger partial charge in [0.05, 0.1) is 10.6 Å². The van der Waals surface area contributed by atoms with Gasteiger partial charge >= 0.3 is 0 Å². The Balaban J connectivity index is 1.78. The molecule has 1 aliphatic heterocycles. The van der Waals surface area contributed by atoms with E-state index in [1.807, 2.05) is 41.9 Å². The number of pyridine rings is 1. The van der Waals surface area contributed by atoms with Gasteiger partial charge in [0.2, 0.25) is 10.0 Å². The van der Waals surface area contributed by atoms with Crippen molar-refractivity contribution in [2.45, 2.75) is 24.7 Å². The Morgan fingerprint density at radius 1 is 1.08 bits per heavy atom. The molecule has 4 rings (SSSR count). The molecule has 0 unspecified atom stereocenters. The summed E-state index contributed by atoms with van der Waals surface area (Å²) in [7, 11) is -3.41. The maximum Gasteiger partial charge on any atom is 0.243 e. The van der Waals surface area contributed by atoms with E-state index in [1.54, 1.807) is 22.5 Å². The first-order chi connectivity index (χ1) is 11.6. The Morgan fingerprint density at radius 2 is 1.88 bits per heavy atom. The SMILES string of the molecule is Cc1cccn2cc(-c3cccc(S(=O)(=O)N4CCCC4)c3)nc12. The minimum atomic E-state index is -3.41. The Labute approximate surface area is 141 Å². The van der Waals surface area contributed by atoms with Crippen molar-refractivity contribution in [1.29, 1.82) is 0 Å². The van der Waals surface area contributed by atoms with Gasteiger partial charge in [-0.05, 0) is 43.5 Å². The molecule has 24 heavy (non-hydrogen) atoms. The number of aryl methyl sites for hydroxylation is 1. The summed E-state index contributed by atoms with van der Waals surface area (Å²) in [4.78, 5) is 5.00. The van der Waals surface area contributed by atoms with Crippen LogP contribution in [-0.4, -0.2) is 35.2 Å². The van der Waals surface area contributed by atoms with Gasteiger partial charge in [-0.1, -0.05) is 18.2 Å². The van der Waals surface area contributed by atoms with E-state index in [0.717, 1.165) is 35.3 Å². The highest BCUT2D eigenvalue weighted by atomic mass is 32.2. The molecule has 0 atom stereocenters. The summed E-state index contributed by atoms with van der Waals surface area (Å²) in [6.45, 7) is 3.24. The second kappa shape index (κ2) is 5.72. The zero-order valence-electron chi connectivity index (χ0n) is 13.5. The molecule has 0 N–H and O–H groups in total. The highest BCUT2D eigenvalue weighted by Crippen LogP contribution is 2.26. The van der Waals surface area contributed by atoms with E-state index < -0.39 is 10.0 Å². The fourth-order valence-corrected chi connectivity index (χ4v) is 4.75. The first kappa shape index (κ1) is 15.4. The van der Waals surface area contributed by atoms with Crippen LogP contribution in [0.1, 0.15) is 18.4 Å². The third kappa shape index (κ3) is 2.52. The quantitative estimate of drug-likeness (QED) is 0.735. The van der Waals surface area contributed by atoms with Gasteiger partial charge in [-0.25, -0.2) is 13.4 Å². The van der Waals surface area contributed by atoms with Crippen molar-refractivity contribution in [3.63, 3.8) is 0 Å². The largest absolute Gasteiger partial charge is 0.306 e. The average Bonchev–Trinajstić information content (AvgIpc) is 3.25. The van der Waals surface area contributed by atoms with Crippen molar-refractivity contribution >= 4 is 15.7 Å². The predicted molar refractivity (Wildman–Crippen MR) is 93.4 cm³/mol. The van der Waals surface area contributed by atoms with Crippen LogP contribution in [0.5, 0.6) is 0 Å². The summed E-state index contributed by atoms with van der Waals surface area (Å²) in [5.74, 6) is 0. The maximum atomic E-state index is 12.7. The van der Waals surface area contributed by atoms with Gasteiger partial charge in [-0.15, -0.1) is 0 Å². The van der Waals surface area contributed by atoms with Crippen molar-refractivity contribution in [1.82, 2.24) is 13.7 Å². The number of fused-ring (bicyclic) bond motifs is 1. The Kier molecular flexibility index (Phi) is 3.66. The van der Waals surface area contributed by atoms with E-state index >= 15 is 0 Å². The molecular weight excluding hydrogens is 322 g/mol. The summed E-state index contributed by atoms with van der Waals surface area (Å²) >= 11 is 0. The van der Waals surface area contributed by atoms with Gasteiger partial charge in [-0.3, -0.25) is 0 Å². The number of hydrogen-bond donors (Lipinski definition) is 0. The molecule has 6 heteroatoms. The third-order valence-corrected chi connectivity index (χ3v) is 6.41. The van der Waals surface area contributed by atoms with Crippen LogP contribution in [0, 0.1) is 6.92 Å². The lowest BCUT2D eigenvalue weighted by Gasteiger charge is -2.15. The van der Waals surface area contributed by atoms with Crippen molar-refractivity contribution in [3.05, 3.63) is 54.4 Å². The Bertz CT molecular complexity index is 1000. The zero-order chi connectivity index (χ0) is 16.7. The molecule has 0 aliphatic carbocycles. The first-order valence-electron chi connectivity index (χ1n) is 8.11. The molecular formula is C18H19N3O2S. The summed E-state index contributed by atoms with van der Waals surface area (Å²) in [6.07, 6.45) is 5.75. The first-order valence-corrected chi connectivity index (χ1v) is 9.55. The lowest BCUT2D eigenvalue weighted by molar-refractivity contribution is 0.477. The summed E-state index contributed by atoms with van der Waals surface area (Å²) in [5.41, 5.74) is 3.58. The second-order valence-corrected chi connectivity index (χ2v) is 8.13. The number of rotatable bonds is 3. The molecule has 1 fully saturated rings. The van der Waals surface area contributed by atoms with Gasteiger partial charge in [0.25, 0.3) is 0 Å². The lowest BCUT2D eigenvalue weighted by Crippen LogP contribution is -2.27. The molecule has 0 bridgehead atoms. The molecule has 1 saturated heterocycles. The number of benzene rings is 1. The molecule has 1 aromatic carbocycles. The van der Waals surface area contributed by atoms with Crippen molar-refractivity contribution in [2.24, 2.45) is 0 Å². The van der Waals surface area contributed by atoms with Crippen LogP contribution in [-0.2, 0) is 10.0 Å². The van der Waals surface area contributed by atoms with Gasteiger partial charge < -0.3 is 4.40 Å². The van der Waals surface area contributed by atoms with Gasteiger partial charge in [-0.2, -0.15) is 4.31 Å². The molecule has 0 spiro atoms. The van der Waals surface area contributed by atoms with Crippen LogP contribution < -0.4 is 0 Å². The van der Waals surface area contributed by atoms with Crippen LogP contribution in [0.25, 0.3) is 16.9 Å². The van der Waals surface area contributed by atoms with E-state index in [0.29, 0.717) is 18.0 Å². The smallest absolute Gasteiger partial charge is 0.243 e. The van der Waals surface area contributed by atoms with E-state index in [1.165, 1.54) is 0 Å². The number of hydrogen-bond acceptors (Lipinski definition) is 3. The average molecular weight is 341 g/mol. The minimum Gasteiger partial charge on any atom is -0.306 e. The van der Waals surface area contributed by atoms with Crippen LogP contribution in [0.3, 0.4) is 0 Å². The van der Waals surface area contributed by atoms with Crippen molar-refractivity contribution < 1.29 is 8.42 Å². The molecule has 1 aliphatic rings. The van der Waals surface area contributed by atoms with E-state index in [-0.39, 0.29) is 0 Å². The normalized spacial score (nSPS) is 16.0. The van der Waals surface area contributed by atoms with Gasteiger partial charge in [0.15, 0.2) is 0 Å². The third-order valence-electron chi connectivity index (χ3n) is 4.51. The fraction of sp³-hybridized carbons (Fsp3) is 0.278. The minimum absolute atomic E-state index is 0.343. The highest BCUT2D eigenvalue weighted by Gasteiger charge is 2.27. The van der Waals surface area contributed by atoms with E-state index in [4.69, 9.17) is 0 Å². The fourth-order valence-electron chi connectivity index (χ4n) is 3.19.